The summed E-state index contributed by atoms with van der Waals surface area (Å²) >= 11 is 0. The van der Waals surface area contributed by atoms with Gasteiger partial charge in [0.25, 0.3) is 0 Å². The van der Waals surface area contributed by atoms with Gasteiger partial charge in [0.1, 0.15) is 29.2 Å². The number of carbonyl (C=O) groups is 1. The van der Waals surface area contributed by atoms with Crippen LogP contribution < -0.4 is 4.90 Å². The Morgan fingerprint density at radius 3 is 2.72 bits per heavy atom. The van der Waals surface area contributed by atoms with E-state index in [1.165, 1.54) is 24.2 Å². The molecule has 0 bridgehead atoms. The number of nitrogens with one attached hydrogen (secondary N) is 1. The summed E-state index contributed by atoms with van der Waals surface area (Å²) in [7, 11) is 0. The Balaban J connectivity index is 1.90. The number of esters is 1. The van der Waals surface area contributed by atoms with Crippen LogP contribution in [0.25, 0.3) is 22.3 Å². The Morgan fingerprint density at radius 1 is 1.21 bits per heavy atom. The van der Waals surface area contributed by atoms with Crippen LogP contribution in [0.15, 0.2) is 46.9 Å². The van der Waals surface area contributed by atoms with Crippen molar-refractivity contribution in [2.24, 2.45) is 0 Å². The Labute approximate surface area is 170 Å². The molecule has 1 aromatic heterocycles. The molecular formula is C24H28NO4+. The van der Waals surface area contributed by atoms with Crippen LogP contribution in [0.5, 0.6) is 5.75 Å². The highest BCUT2D eigenvalue weighted by Gasteiger charge is 2.30. The van der Waals surface area contributed by atoms with Crippen LogP contribution in [0.1, 0.15) is 49.0 Å². The van der Waals surface area contributed by atoms with Crippen LogP contribution in [0.3, 0.4) is 0 Å². The molecule has 4 rings (SSSR count). The number of benzene rings is 2. The molecule has 2 atom stereocenters. The van der Waals surface area contributed by atoms with E-state index >= 15 is 0 Å². The third-order valence-electron chi connectivity index (χ3n) is 5.94. The standard InChI is InChI=1S/C24H27NO4/c1-3-28-24(27)22-21-18(15-25-14-8-7-9-16(25)2)19(26)12-13-20(21)29-23(22)17-10-5-4-6-11-17/h4-6,10-13,16,26H,3,7-9,14-15H2,1-2H3/p+1/t16-/m0/s1. The highest BCUT2D eigenvalue weighted by Crippen LogP contribution is 2.38. The van der Waals surface area contributed by atoms with Gasteiger partial charge in [-0.25, -0.2) is 4.79 Å². The van der Waals surface area contributed by atoms with Crippen LogP contribution in [0.4, 0.5) is 0 Å². The van der Waals surface area contributed by atoms with Crippen LogP contribution in [-0.2, 0) is 11.3 Å². The van der Waals surface area contributed by atoms with Gasteiger partial charge in [-0.2, -0.15) is 0 Å². The van der Waals surface area contributed by atoms with Gasteiger partial charge in [0, 0.05) is 10.9 Å². The van der Waals surface area contributed by atoms with E-state index in [2.05, 4.69) is 6.92 Å². The number of phenols is 1. The quantitative estimate of drug-likeness (QED) is 0.644. The number of carbonyl (C=O) groups excluding carboxylic acids is 1. The number of likely N-dealkylation sites (tertiary alicyclic amines) is 1. The summed E-state index contributed by atoms with van der Waals surface area (Å²) in [6.45, 7) is 6.05. The van der Waals surface area contributed by atoms with Crippen LogP contribution in [0, 0.1) is 0 Å². The average Bonchev–Trinajstić information content (AvgIpc) is 3.12. The zero-order chi connectivity index (χ0) is 20.4. The molecule has 1 unspecified atom stereocenters. The lowest BCUT2D eigenvalue weighted by molar-refractivity contribution is -0.941. The Morgan fingerprint density at radius 2 is 2.00 bits per heavy atom. The summed E-state index contributed by atoms with van der Waals surface area (Å²) in [5.41, 5.74) is 2.59. The first kappa shape index (κ1) is 19.5. The molecule has 5 heteroatoms. The smallest absolute Gasteiger partial charge is 0.342 e. The summed E-state index contributed by atoms with van der Waals surface area (Å²) in [6.07, 6.45) is 3.61. The molecule has 0 saturated carbocycles. The molecule has 1 aliphatic heterocycles. The average molecular weight is 394 g/mol. The van der Waals surface area contributed by atoms with Crippen molar-refractivity contribution in [2.45, 2.75) is 45.7 Å². The third kappa shape index (κ3) is 3.75. The van der Waals surface area contributed by atoms with E-state index in [0.717, 1.165) is 17.7 Å². The first-order chi connectivity index (χ1) is 14.1. The molecule has 0 spiro atoms. The molecule has 29 heavy (non-hydrogen) atoms. The van der Waals surface area contributed by atoms with Crippen LogP contribution in [0.2, 0.25) is 0 Å². The van der Waals surface area contributed by atoms with Gasteiger partial charge in [-0.05, 0) is 45.2 Å². The van der Waals surface area contributed by atoms with Gasteiger partial charge >= 0.3 is 5.97 Å². The fraction of sp³-hybridized carbons (Fsp3) is 0.375. The van der Waals surface area contributed by atoms with Crippen molar-refractivity contribution in [2.75, 3.05) is 13.2 Å². The molecular weight excluding hydrogens is 366 g/mol. The molecule has 0 radical (unpaired) electrons. The summed E-state index contributed by atoms with van der Waals surface area (Å²) < 4.78 is 11.5. The van der Waals surface area contributed by atoms with E-state index in [1.807, 2.05) is 30.3 Å². The number of ether oxygens (including phenoxy) is 1. The Bertz CT molecular complexity index is 1010. The largest absolute Gasteiger partial charge is 0.507 e. The van der Waals surface area contributed by atoms with Gasteiger partial charge in [0.2, 0.25) is 0 Å². The lowest BCUT2D eigenvalue weighted by Gasteiger charge is -2.30. The van der Waals surface area contributed by atoms with Crippen molar-refractivity contribution in [3.05, 3.63) is 53.6 Å². The predicted molar refractivity (Wildman–Crippen MR) is 112 cm³/mol. The topological polar surface area (TPSA) is 64.1 Å². The van der Waals surface area contributed by atoms with E-state index in [0.29, 0.717) is 34.9 Å². The molecule has 1 aliphatic rings. The number of rotatable bonds is 5. The number of hydrogen-bond donors (Lipinski definition) is 2. The van der Waals surface area contributed by atoms with E-state index in [9.17, 15) is 9.90 Å². The zero-order valence-electron chi connectivity index (χ0n) is 17.0. The minimum Gasteiger partial charge on any atom is -0.507 e. The summed E-state index contributed by atoms with van der Waals surface area (Å²) in [6, 6.07) is 13.5. The van der Waals surface area contributed by atoms with Gasteiger partial charge in [0.15, 0.2) is 0 Å². The number of aromatic hydroxyl groups is 1. The van der Waals surface area contributed by atoms with E-state index in [-0.39, 0.29) is 12.4 Å². The van der Waals surface area contributed by atoms with Crippen molar-refractivity contribution < 1.29 is 24.0 Å². The summed E-state index contributed by atoms with van der Waals surface area (Å²) in [5.74, 6) is 0.278. The molecule has 1 saturated heterocycles. The lowest BCUT2D eigenvalue weighted by atomic mass is 9.98. The van der Waals surface area contributed by atoms with Gasteiger partial charge in [-0.3, -0.25) is 0 Å². The summed E-state index contributed by atoms with van der Waals surface area (Å²) in [4.78, 5) is 14.4. The second-order valence-corrected chi connectivity index (χ2v) is 7.81. The minimum absolute atomic E-state index is 0.203. The van der Waals surface area contributed by atoms with E-state index in [1.54, 1.807) is 19.1 Å². The maximum absolute atomic E-state index is 13.0. The van der Waals surface area contributed by atoms with Crippen molar-refractivity contribution in [3.63, 3.8) is 0 Å². The van der Waals surface area contributed by atoms with E-state index < -0.39 is 5.97 Å². The predicted octanol–water partition coefficient (Wildman–Crippen LogP) is 3.94. The highest BCUT2D eigenvalue weighted by atomic mass is 16.5. The molecule has 3 aromatic rings. The maximum atomic E-state index is 13.0. The maximum Gasteiger partial charge on any atom is 0.342 e. The molecule has 0 aliphatic carbocycles. The fourth-order valence-electron chi connectivity index (χ4n) is 4.36. The zero-order valence-corrected chi connectivity index (χ0v) is 17.0. The Kier molecular flexibility index (Phi) is 5.58. The molecule has 0 amide bonds. The number of furan rings is 1. The number of phenolic OH excluding ortho intramolecular Hbond substituents is 1. The van der Waals surface area contributed by atoms with Crippen molar-refractivity contribution in [3.8, 4) is 17.1 Å². The fourth-order valence-corrected chi connectivity index (χ4v) is 4.36. The first-order valence-electron chi connectivity index (χ1n) is 10.4. The monoisotopic (exact) mass is 394 g/mol. The molecule has 2 N–H and O–H groups in total. The molecule has 5 nitrogen and oxygen atoms in total. The molecule has 2 heterocycles. The second-order valence-electron chi connectivity index (χ2n) is 7.81. The number of hydrogen-bond acceptors (Lipinski definition) is 4. The number of piperidine rings is 1. The van der Waals surface area contributed by atoms with Crippen molar-refractivity contribution >= 4 is 16.9 Å². The van der Waals surface area contributed by atoms with Crippen LogP contribution >= 0.6 is 0 Å². The third-order valence-corrected chi connectivity index (χ3v) is 5.94. The molecule has 1 fully saturated rings. The summed E-state index contributed by atoms with van der Waals surface area (Å²) in [5, 5.41) is 11.4. The van der Waals surface area contributed by atoms with Crippen molar-refractivity contribution in [1.82, 2.24) is 0 Å². The molecule has 2 aromatic carbocycles. The van der Waals surface area contributed by atoms with Crippen molar-refractivity contribution in [1.29, 1.82) is 0 Å². The normalized spacial score (nSPS) is 19.4. The van der Waals surface area contributed by atoms with Gasteiger partial charge < -0.3 is 19.2 Å². The highest BCUT2D eigenvalue weighted by molar-refractivity contribution is 6.10. The minimum atomic E-state index is -0.418. The van der Waals surface area contributed by atoms with Gasteiger partial charge in [-0.1, -0.05) is 30.3 Å². The van der Waals surface area contributed by atoms with Gasteiger partial charge in [-0.15, -0.1) is 0 Å². The van der Waals surface area contributed by atoms with Crippen LogP contribution in [-0.4, -0.2) is 30.3 Å². The number of quaternary nitrogens is 1. The lowest BCUT2D eigenvalue weighted by Crippen LogP contribution is -3.14. The second kappa shape index (κ2) is 8.29. The van der Waals surface area contributed by atoms with E-state index in [4.69, 9.17) is 9.15 Å². The number of fused-ring (bicyclic) bond motifs is 1. The SMILES string of the molecule is CCOC(=O)c1c(-c2ccccc2)oc2ccc(O)c(C[NH+]3CCCC[C@@H]3C)c12. The first-order valence-corrected chi connectivity index (χ1v) is 10.4. The Hall–Kier alpha value is -2.79. The molecule has 152 valence electrons. The van der Waals surface area contributed by atoms with Gasteiger partial charge in [0.05, 0.1) is 24.8 Å².